The summed E-state index contributed by atoms with van der Waals surface area (Å²) in [4.78, 5) is 6.68. The third kappa shape index (κ3) is 3.16. The van der Waals surface area contributed by atoms with Crippen LogP contribution in [0.15, 0.2) is 24.3 Å². The first-order valence-corrected chi connectivity index (χ1v) is 7.32. The Hall–Kier alpha value is -2.08. The van der Waals surface area contributed by atoms with E-state index in [4.69, 9.17) is 10.5 Å². The molecule has 1 aromatic carbocycles. The smallest absolute Gasteiger partial charge is 0.245 e. The van der Waals surface area contributed by atoms with Crippen LogP contribution in [0.5, 0.6) is 5.75 Å². The highest BCUT2D eigenvalue weighted by molar-refractivity contribution is 5.58. The Balaban J connectivity index is 1.79. The van der Waals surface area contributed by atoms with Crippen LogP contribution in [-0.2, 0) is 0 Å². The molecule has 1 aromatic heterocycles. The Morgan fingerprint density at radius 2 is 2.29 bits per heavy atom. The highest BCUT2D eigenvalue weighted by Crippen LogP contribution is 2.24. The molecule has 2 aromatic rings. The van der Waals surface area contributed by atoms with Gasteiger partial charge in [-0.25, -0.2) is 0 Å². The molecule has 1 aliphatic heterocycles. The maximum absolute atomic E-state index is 5.92. The Morgan fingerprint density at radius 1 is 1.43 bits per heavy atom. The molecule has 0 bridgehead atoms. The topological polar surface area (TPSA) is 80.1 Å². The predicted molar refractivity (Wildman–Crippen MR) is 82.4 cm³/mol. The van der Waals surface area contributed by atoms with E-state index in [0.717, 1.165) is 36.6 Å². The van der Waals surface area contributed by atoms with Gasteiger partial charge < -0.3 is 15.4 Å². The van der Waals surface area contributed by atoms with Crippen molar-refractivity contribution in [3.8, 4) is 17.1 Å². The molecule has 1 atom stereocenters. The lowest BCUT2D eigenvalue weighted by Gasteiger charge is -2.12. The lowest BCUT2D eigenvalue weighted by molar-refractivity contribution is 0.242. The molecule has 112 valence electrons. The maximum Gasteiger partial charge on any atom is 0.245 e. The SMILES string of the molecule is CC(C)Oc1cccc(-c2nc(N3CCC(N)C3)n[nH]2)c1. The van der Waals surface area contributed by atoms with E-state index in [1.165, 1.54) is 0 Å². The van der Waals surface area contributed by atoms with E-state index in [9.17, 15) is 0 Å². The minimum Gasteiger partial charge on any atom is -0.491 e. The molecule has 21 heavy (non-hydrogen) atoms. The van der Waals surface area contributed by atoms with Crippen LogP contribution in [0.1, 0.15) is 20.3 Å². The van der Waals surface area contributed by atoms with E-state index in [-0.39, 0.29) is 12.1 Å². The largest absolute Gasteiger partial charge is 0.491 e. The van der Waals surface area contributed by atoms with Gasteiger partial charge in [0.2, 0.25) is 5.95 Å². The molecule has 0 saturated carbocycles. The average molecular weight is 287 g/mol. The van der Waals surface area contributed by atoms with Crippen LogP contribution in [0.4, 0.5) is 5.95 Å². The fraction of sp³-hybridized carbons (Fsp3) is 0.467. The molecular formula is C15H21N5O. The number of hydrogen-bond donors (Lipinski definition) is 2. The molecule has 1 fully saturated rings. The second-order valence-electron chi connectivity index (χ2n) is 5.67. The van der Waals surface area contributed by atoms with Gasteiger partial charge in [0.25, 0.3) is 0 Å². The number of nitrogens with zero attached hydrogens (tertiary/aromatic N) is 3. The van der Waals surface area contributed by atoms with Crippen LogP contribution in [0, 0.1) is 0 Å². The van der Waals surface area contributed by atoms with Gasteiger partial charge in [0, 0.05) is 24.7 Å². The number of nitrogens with two attached hydrogens (primary N) is 1. The molecule has 1 aliphatic rings. The third-order valence-electron chi connectivity index (χ3n) is 3.46. The van der Waals surface area contributed by atoms with Crippen LogP contribution < -0.4 is 15.4 Å². The number of nitrogens with one attached hydrogen (secondary N) is 1. The summed E-state index contributed by atoms with van der Waals surface area (Å²) >= 11 is 0. The lowest BCUT2D eigenvalue weighted by atomic mass is 10.2. The van der Waals surface area contributed by atoms with Gasteiger partial charge in [-0.1, -0.05) is 12.1 Å². The normalized spacial score (nSPS) is 18.5. The van der Waals surface area contributed by atoms with Gasteiger partial charge in [-0.05, 0) is 32.4 Å². The Bertz CT molecular complexity index is 610. The number of hydrogen-bond acceptors (Lipinski definition) is 5. The van der Waals surface area contributed by atoms with Crippen molar-refractivity contribution >= 4 is 5.95 Å². The zero-order valence-electron chi connectivity index (χ0n) is 12.4. The van der Waals surface area contributed by atoms with E-state index >= 15 is 0 Å². The fourth-order valence-electron chi connectivity index (χ4n) is 2.48. The molecule has 3 N–H and O–H groups in total. The molecule has 0 aliphatic carbocycles. The minimum absolute atomic E-state index is 0.150. The first-order chi connectivity index (χ1) is 10.1. The number of aromatic amines is 1. The van der Waals surface area contributed by atoms with Gasteiger partial charge in [-0.3, -0.25) is 5.10 Å². The van der Waals surface area contributed by atoms with Crippen molar-refractivity contribution in [3.63, 3.8) is 0 Å². The van der Waals surface area contributed by atoms with Crippen LogP contribution in [0.25, 0.3) is 11.4 Å². The van der Waals surface area contributed by atoms with Gasteiger partial charge in [-0.2, -0.15) is 4.98 Å². The van der Waals surface area contributed by atoms with Crippen molar-refractivity contribution in [1.82, 2.24) is 15.2 Å². The van der Waals surface area contributed by atoms with E-state index in [1.54, 1.807) is 0 Å². The Morgan fingerprint density at radius 3 is 3.00 bits per heavy atom. The molecule has 0 spiro atoms. The second kappa shape index (κ2) is 5.73. The van der Waals surface area contributed by atoms with Crippen molar-refractivity contribution in [3.05, 3.63) is 24.3 Å². The van der Waals surface area contributed by atoms with Crippen LogP contribution in [0.2, 0.25) is 0 Å². The average Bonchev–Trinajstić information content (AvgIpc) is 3.06. The Labute approximate surface area is 124 Å². The standard InChI is InChI=1S/C15H21N5O/c1-10(2)21-13-5-3-4-11(8-13)14-17-15(19-18-14)20-7-6-12(16)9-20/h3-5,8,10,12H,6-7,9,16H2,1-2H3,(H,17,18,19). The number of rotatable bonds is 4. The molecule has 6 heteroatoms. The molecule has 1 unspecified atom stereocenters. The molecule has 1 saturated heterocycles. The van der Waals surface area contributed by atoms with Gasteiger partial charge in [-0.15, -0.1) is 5.10 Å². The van der Waals surface area contributed by atoms with Gasteiger partial charge in [0.1, 0.15) is 5.75 Å². The number of benzene rings is 1. The van der Waals surface area contributed by atoms with E-state index < -0.39 is 0 Å². The van der Waals surface area contributed by atoms with Crippen molar-refractivity contribution in [2.75, 3.05) is 18.0 Å². The summed E-state index contributed by atoms with van der Waals surface area (Å²) in [5.41, 5.74) is 6.89. The van der Waals surface area contributed by atoms with Crippen LogP contribution >= 0.6 is 0 Å². The second-order valence-corrected chi connectivity index (χ2v) is 5.67. The highest BCUT2D eigenvalue weighted by atomic mass is 16.5. The molecule has 3 rings (SSSR count). The lowest BCUT2D eigenvalue weighted by Crippen LogP contribution is -2.26. The zero-order chi connectivity index (χ0) is 14.8. The predicted octanol–water partition coefficient (Wildman–Crippen LogP) is 1.80. The van der Waals surface area contributed by atoms with E-state index in [1.807, 2.05) is 38.1 Å². The van der Waals surface area contributed by atoms with Crippen molar-refractivity contribution in [2.24, 2.45) is 5.73 Å². The number of anilines is 1. The monoisotopic (exact) mass is 287 g/mol. The molecule has 6 nitrogen and oxygen atoms in total. The van der Waals surface area contributed by atoms with Gasteiger partial charge in [0.15, 0.2) is 5.82 Å². The molecule has 0 amide bonds. The first-order valence-electron chi connectivity index (χ1n) is 7.32. The minimum atomic E-state index is 0.150. The van der Waals surface area contributed by atoms with E-state index in [2.05, 4.69) is 20.1 Å². The summed E-state index contributed by atoms with van der Waals surface area (Å²) < 4.78 is 5.71. The number of ether oxygens (including phenoxy) is 1. The Kier molecular flexibility index (Phi) is 3.79. The van der Waals surface area contributed by atoms with Gasteiger partial charge >= 0.3 is 0 Å². The summed E-state index contributed by atoms with van der Waals surface area (Å²) in [6.45, 7) is 5.74. The fourth-order valence-corrected chi connectivity index (χ4v) is 2.48. The van der Waals surface area contributed by atoms with Crippen molar-refractivity contribution < 1.29 is 4.74 Å². The van der Waals surface area contributed by atoms with Gasteiger partial charge in [0.05, 0.1) is 6.10 Å². The van der Waals surface area contributed by atoms with Crippen molar-refractivity contribution in [2.45, 2.75) is 32.4 Å². The van der Waals surface area contributed by atoms with Crippen LogP contribution in [-0.4, -0.2) is 40.4 Å². The molecule has 2 heterocycles. The molecular weight excluding hydrogens is 266 g/mol. The summed E-state index contributed by atoms with van der Waals surface area (Å²) in [5, 5.41) is 7.29. The summed E-state index contributed by atoms with van der Waals surface area (Å²) in [6.07, 6.45) is 1.14. The summed E-state index contributed by atoms with van der Waals surface area (Å²) in [7, 11) is 0. The maximum atomic E-state index is 5.92. The summed E-state index contributed by atoms with van der Waals surface area (Å²) in [5.74, 6) is 2.30. The van der Waals surface area contributed by atoms with Crippen LogP contribution in [0.3, 0.4) is 0 Å². The first kappa shape index (κ1) is 13.9. The number of H-pyrrole nitrogens is 1. The highest BCUT2D eigenvalue weighted by Gasteiger charge is 2.22. The quantitative estimate of drug-likeness (QED) is 0.896. The zero-order valence-corrected chi connectivity index (χ0v) is 12.4. The molecule has 0 radical (unpaired) electrons. The summed E-state index contributed by atoms with van der Waals surface area (Å²) in [6, 6.07) is 8.09. The number of aromatic nitrogens is 3. The third-order valence-corrected chi connectivity index (χ3v) is 3.46. The van der Waals surface area contributed by atoms with E-state index in [0.29, 0.717) is 5.95 Å². The van der Waals surface area contributed by atoms with Crippen molar-refractivity contribution in [1.29, 1.82) is 0 Å².